The van der Waals surface area contributed by atoms with Crippen molar-refractivity contribution in [2.45, 2.75) is 71.9 Å². The largest absolute Gasteiger partial charge is 0.480 e. The van der Waals surface area contributed by atoms with Crippen LogP contribution in [0.15, 0.2) is 0 Å². The number of rotatable bonds is 7. The number of aliphatic carboxylic acids is 1. The van der Waals surface area contributed by atoms with Crippen LogP contribution in [0.2, 0.25) is 0 Å². The van der Waals surface area contributed by atoms with Gasteiger partial charge in [-0.2, -0.15) is 0 Å². The minimum atomic E-state index is -1.02. The third kappa shape index (κ3) is 10.4. The number of carbonyl (C=O) groups is 2. The zero-order chi connectivity index (χ0) is 15.1. The van der Waals surface area contributed by atoms with Gasteiger partial charge in [-0.1, -0.05) is 33.1 Å². The smallest absolute Gasteiger partial charge is 0.408 e. The lowest BCUT2D eigenvalue weighted by Crippen LogP contribution is -2.43. The van der Waals surface area contributed by atoms with Gasteiger partial charge in [-0.15, -0.1) is 0 Å². The summed E-state index contributed by atoms with van der Waals surface area (Å²) in [5, 5.41) is 11.5. The molecule has 1 unspecified atom stereocenters. The molecular weight excluding hydrogens is 246 g/mol. The monoisotopic (exact) mass is 273 g/mol. The number of ether oxygens (including phenoxy) is 1. The molecule has 5 nitrogen and oxygen atoms in total. The summed E-state index contributed by atoms with van der Waals surface area (Å²) in [6.45, 7) is 9.49. The highest BCUT2D eigenvalue weighted by atomic mass is 16.6. The van der Waals surface area contributed by atoms with Gasteiger partial charge >= 0.3 is 12.1 Å². The normalized spacial score (nSPS) is 13.2. The van der Waals surface area contributed by atoms with Gasteiger partial charge in [0.15, 0.2) is 0 Å². The third-order valence-electron chi connectivity index (χ3n) is 2.51. The first-order chi connectivity index (χ1) is 8.61. The number of hydrogen-bond acceptors (Lipinski definition) is 3. The van der Waals surface area contributed by atoms with Crippen LogP contribution in [0.4, 0.5) is 4.79 Å². The van der Waals surface area contributed by atoms with Gasteiger partial charge in [0.1, 0.15) is 11.6 Å². The maximum atomic E-state index is 11.5. The second-order valence-electron chi connectivity index (χ2n) is 6.22. The lowest BCUT2D eigenvalue weighted by Gasteiger charge is -2.22. The molecule has 0 saturated carbocycles. The van der Waals surface area contributed by atoms with Gasteiger partial charge < -0.3 is 15.2 Å². The van der Waals surface area contributed by atoms with Gasteiger partial charge in [0.2, 0.25) is 0 Å². The number of carbonyl (C=O) groups excluding carboxylic acids is 1. The summed E-state index contributed by atoms with van der Waals surface area (Å²) in [5.41, 5.74) is -0.620. The summed E-state index contributed by atoms with van der Waals surface area (Å²) in [6.07, 6.45) is 2.58. The summed E-state index contributed by atoms with van der Waals surface area (Å²) >= 11 is 0. The van der Waals surface area contributed by atoms with Crippen molar-refractivity contribution in [2.24, 2.45) is 5.92 Å². The molecule has 1 atom stereocenters. The molecule has 0 saturated heterocycles. The Hall–Kier alpha value is -1.26. The van der Waals surface area contributed by atoms with E-state index in [9.17, 15) is 9.59 Å². The van der Waals surface area contributed by atoms with E-state index in [4.69, 9.17) is 9.84 Å². The fraction of sp³-hybridized carbons (Fsp3) is 0.857. The molecule has 0 aliphatic rings. The molecule has 0 heterocycles. The lowest BCUT2D eigenvalue weighted by atomic mass is 10.0. The Labute approximate surface area is 115 Å². The molecule has 0 aromatic carbocycles. The molecule has 0 aromatic heterocycles. The van der Waals surface area contributed by atoms with Crippen molar-refractivity contribution in [3.05, 3.63) is 0 Å². The van der Waals surface area contributed by atoms with Crippen LogP contribution in [0.25, 0.3) is 0 Å². The van der Waals surface area contributed by atoms with E-state index in [2.05, 4.69) is 19.2 Å². The summed E-state index contributed by atoms with van der Waals surface area (Å²) in [6, 6.07) is -0.873. The minimum absolute atomic E-state index is 0.432. The molecule has 0 aromatic rings. The van der Waals surface area contributed by atoms with Crippen molar-refractivity contribution in [1.29, 1.82) is 0 Å². The highest BCUT2D eigenvalue weighted by Crippen LogP contribution is 2.11. The maximum Gasteiger partial charge on any atom is 0.408 e. The molecule has 0 radical (unpaired) electrons. The maximum absolute atomic E-state index is 11.5. The Balaban J connectivity index is 4.12. The molecule has 0 aliphatic carbocycles. The number of alkyl carbamates (subject to hydrolysis) is 1. The van der Waals surface area contributed by atoms with Gasteiger partial charge in [-0.25, -0.2) is 9.59 Å². The summed E-state index contributed by atoms with van der Waals surface area (Å²) in [4.78, 5) is 22.6. The van der Waals surface area contributed by atoms with Crippen LogP contribution in [-0.4, -0.2) is 28.8 Å². The molecule has 1 amide bonds. The second-order valence-corrected chi connectivity index (χ2v) is 6.22. The quantitative estimate of drug-likeness (QED) is 0.698. The van der Waals surface area contributed by atoms with Crippen LogP contribution in [0.3, 0.4) is 0 Å². The van der Waals surface area contributed by atoms with E-state index in [1.807, 2.05) is 0 Å². The highest BCUT2D eigenvalue weighted by Gasteiger charge is 2.23. The van der Waals surface area contributed by atoms with E-state index in [-0.39, 0.29) is 0 Å². The zero-order valence-corrected chi connectivity index (χ0v) is 12.7. The van der Waals surface area contributed by atoms with E-state index < -0.39 is 23.7 Å². The number of nitrogens with one attached hydrogen (secondary N) is 1. The number of carboxylic acid groups (broad SMARTS) is 1. The average molecular weight is 273 g/mol. The van der Waals surface area contributed by atoms with E-state index in [0.717, 1.165) is 19.3 Å². The van der Waals surface area contributed by atoms with Gasteiger partial charge in [-0.3, -0.25) is 0 Å². The first kappa shape index (κ1) is 17.7. The zero-order valence-electron chi connectivity index (χ0n) is 12.7. The number of amides is 1. The molecule has 0 fully saturated rings. The fourth-order valence-electron chi connectivity index (χ4n) is 1.61. The average Bonchev–Trinajstić information content (AvgIpc) is 2.19. The van der Waals surface area contributed by atoms with Crippen molar-refractivity contribution in [3.8, 4) is 0 Å². The van der Waals surface area contributed by atoms with Crippen LogP contribution in [-0.2, 0) is 9.53 Å². The van der Waals surface area contributed by atoms with Crippen molar-refractivity contribution in [2.75, 3.05) is 0 Å². The van der Waals surface area contributed by atoms with Crippen molar-refractivity contribution < 1.29 is 19.4 Å². The topological polar surface area (TPSA) is 75.6 Å². The van der Waals surface area contributed by atoms with Gasteiger partial charge in [0.05, 0.1) is 0 Å². The standard InChI is InChI=1S/C14H27NO4/c1-10(2)8-6-7-9-11(12(16)17)15-13(18)19-14(3,4)5/h10-11H,6-9H2,1-5H3,(H,15,18)(H,16,17). The summed E-state index contributed by atoms with van der Waals surface area (Å²) in [5.74, 6) is -0.405. The molecule has 19 heavy (non-hydrogen) atoms. The molecule has 0 rings (SSSR count). The summed E-state index contributed by atoms with van der Waals surface area (Å²) in [7, 11) is 0. The Morgan fingerprint density at radius 1 is 1.16 bits per heavy atom. The van der Waals surface area contributed by atoms with Crippen molar-refractivity contribution in [1.82, 2.24) is 5.32 Å². The van der Waals surface area contributed by atoms with Crippen LogP contribution in [0.1, 0.15) is 60.3 Å². The van der Waals surface area contributed by atoms with Gasteiger partial charge in [-0.05, 0) is 33.1 Å². The number of carboxylic acids is 1. The lowest BCUT2D eigenvalue weighted by molar-refractivity contribution is -0.139. The van der Waals surface area contributed by atoms with Crippen molar-refractivity contribution in [3.63, 3.8) is 0 Å². The Morgan fingerprint density at radius 3 is 2.11 bits per heavy atom. The molecule has 0 spiro atoms. The molecule has 0 aliphatic heterocycles. The van der Waals surface area contributed by atoms with Crippen molar-refractivity contribution >= 4 is 12.1 Å². The second kappa shape index (κ2) is 8.02. The van der Waals surface area contributed by atoms with E-state index >= 15 is 0 Å². The molecule has 0 bridgehead atoms. The molecule has 5 heteroatoms. The SMILES string of the molecule is CC(C)CCCCC(NC(=O)OC(C)(C)C)C(=O)O. The first-order valence-corrected chi connectivity index (χ1v) is 6.84. The van der Waals surface area contributed by atoms with Crippen LogP contribution in [0, 0.1) is 5.92 Å². The van der Waals surface area contributed by atoms with E-state index in [1.165, 1.54) is 0 Å². The van der Waals surface area contributed by atoms with Gasteiger partial charge in [0, 0.05) is 0 Å². The van der Waals surface area contributed by atoms with Crippen LogP contribution < -0.4 is 5.32 Å². The van der Waals surface area contributed by atoms with Gasteiger partial charge in [0.25, 0.3) is 0 Å². The van der Waals surface area contributed by atoms with Crippen LogP contribution >= 0.6 is 0 Å². The van der Waals surface area contributed by atoms with E-state index in [1.54, 1.807) is 20.8 Å². The third-order valence-corrected chi connectivity index (χ3v) is 2.51. The first-order valence-electron chi connectivity index (χ1n) is 6.84. The number of unbranched alkanes of at least 4 members (excludes halogenated alkanes) is 1. The Bertz CT molecular complexity index is 294. The van der Waals surface area contributed by atoms with Crippen LogP contribution in [0.5, 0.6) is 0 Å². The summed E-state index contributed by atoms with van der Waals surface area (Å²) < 4.78 is 5.05. The van der Waals surface area contributed by atoms with E-state index in [0.29, 0.717) is 12.3 Å². The number of hydrogen-bond donors (Lipinski definition) is 2. The minimum Gasteiger partial charge on any atom is -0.480 e. The Morgan fingerprint density at radius 2 is 1.68 bits per heavy atom. The predicted molar refractivity (Wildman–Crippen MR) is 74.1 cm³/mol. The molecule has 112 valence electrons. The fourth-order valence-corrected chi connectivity index (χ4v) is 1.61. The molecular formula is C14H27NO4. The molecule has 2 N–H and O–H groups in total. The Kier molecular flexibility index (Phi) is 7.49. The highest BCUT2D eigenvalue weighted by molar-refractivity contribution is 5.79. The predicted octanol–water partition coefficient (Wildman–Crippen LogP) is 3.18.